The van der Waals surface area contributed by atoms with E-state index in [1.165, 1.54) is 12.0 Å². The Labute approximate surface area is 131 Å². The Morgan fingerprint density at radius 1 is 1.36 bits per heavy atom. The summed E-state index contributed by atoms with van der Waals surface area (Å²) in [5, 5.41) is 10.1. The van der Waals surface area contributed by atoms with Crippen molar-refractivity contribution in [1.29, 1.82) is 0 Å². The lowest BCUT2D eigenvalue weighted by atomic mass is 9.96. The van der Waals surface area contributed by atoms with Gasteiger partial charge in [0.05, 0.1) is 13.2 Å². The van der Waals surface area contributed by atoms with Crippen molar-refractivity contribution in [2.75, 3.05) is 13.8 Å². The molecule has 0 aromatic rings. The number of aliphatic hydroxyl groups is 1. The van der Waals surface area contributed by atoms with Crippen LogP contribution in [-0.4, -0.2) is 59.8 Å². The third-order valence-corrected chi connectivity index (χ3v) is 3.28. The Kier molecular flexibility index (Phi) is 6.19. The van der Waals surface area contributed by atoms with Crippen LogP contribution in [-0.2, 0) is 19.0 Å². The van der Waals surface area contributed by atoms with Gasteiger partial charge in [-0.05, 0) is 33.1 Å². The average molecular weight is 317 g/mol. The van der Waals surface area contributed by atoms with Gasteiger partial charge < -0.3 is 19.3 Å². The Balaban J connectivity index is 2.90. The maximum atomic E-state index is 12.3. The van der Waals surface area contributed by atoms with Crippen LogP contribution in [0.3, 0.4) is 0 Å². The lowest BCUT2D eigenvalue weighted by molar-refractivity contribution is -0.157. The normalized spacial score (nSPS) is 23.5. The Morgan fingerprint density at radius 2 is 1.95 bits per heavy atom. The van der Waals surface area contributed by atoms with Gasteiger partial charge in [-0.2, -0.15) is 0 Å². The van der Waals surface area contributed by atoms with E-state index in [-0.39, 0.29) is 12.6 Å². The molecular weight excluding hydrogens is 290 g/mol. The van der Waals surface area contributed by atoms with Crippen molar-refractivity contribution in [2.24, 2.45) is 5.92 Å². The summed E-state index contributed by atoms with van der Waals surface area (Å²) in [6, 6.07) is -0.441. The molecule has 1 saturated heterocycles. The van der Waals surface area contributed by atoms with Crippen molar-refractivity contribution < 1.29 is 28.9 Å². The molecule has 1 fully saturated rings. The molecule has 7 heteroatoms. The zero-order valence-electron chi connectivity index (χ0n) is 14.2. The second kappa shape index (κ2) is 7.28. The van der Waals surface area contributed by atoms with Gasteiger partial charge in [-0.25, -0.2) is 9.59 Å². The number of ether oxygens (including phenoxy) is 3. The number of esters is 1. The molecule has 22 heavy (non-hydrogen) atoms. The standard InChI is InChI=1S/C15H27NO6/c1-9(2)7-10-12(11(17)13(18)20-6)21-8-16(10)14(19)22-15(3,4)5/h9-12,17H,7-8H2,1-6H3/t10-,11+,12+/m0/s1. The fourth-order valence-corrected chi connectivity index (χ4v) is 2.36. The SMILES string of the molecule is COC(=O)[C@H](O)[C@@H]1OCN(C(=O)OC(C)(C)C)[C@H]1CC(C)C. The Bertz CT molecular complexity index is 403. The Hall–Kier alpha value is -1.34. The van der Waals surface area contributed by atoms with Crippen LogP contribution >= 0.6 is 0 Å². The molecule has 3 atom stereocenters. The second-order valence-corrected chi connectivity index (χ2v) is 6.88. The third kappa shape index (κ3) is 4.84. The minimum atomic E-state index is -1.43. The van der Waals surface area contributed by atoms with E-state index < -0.39 is 35.9 Å². The molecule has 0 unspecified atom stereocenters. The smallest absolute Gasteiger partial charge is 0.412 e. The van der Waals surface area contributed by atoms with Crippen LogP contribution in [0.4, 0.5) is 4.79 Å². The average Bonchev–Trinajstić information content (AvgIpc) is 2.77. The van der Waals surface area contributed by atoms with Gasteiger partial charge in [0, 0.05) is 0 Å². The summed E-state index contributed by atoms with van der Waals surface area (Å²) in [4.78, 5) is 25.3. The molecule has 7 nitrogen and oxygen atoms in total. The van der Waals surface area contributed by atoms with E-state index in [4.69, 9.17) is 9.47 Å². The molecule has 1 aliphatic rings. The van der Waals surface area contributed by atoms with Crippen LogP contribution < -0.4 is 0 Å². The predicted octanol–water partition coefficient (Wildman–Crippen LogP) is 1.53. The van der Waals surface area contributed by atoms with Gasteiger partial charge in [0.15, 0.2) is 6.10 Å². The summed E-state index contributed by atoms with van der Waals surface area (Å²) in [6.07, 6.45) is -2.18. The highest BCUT2D eigenvalue weighted by Crippen LogP contribution is 2.28. The second-order valence-electron chi connectivity index (χ2n) is 6.88. The molecular formula is C15H27NO6. The summed E-state index contributed by atoms with van der Waals surface area (Å²) < 4.78 is 15.4. The van der Waals surface area contributed by atoms with Crippen molar-refractivity contribution in [1.82, 2.24) is 4.90 Å². The highest BCUT2D eigenvalue weighted by Gasteiger charge is 2.46. The van der Waals surface area contributed by atoms with Crippen molar-refractivity contribution in [3.8, 4) is 0 Å². The molecule has 1 N–H and O–H groups in total. The highest BCUT2D eigenvalue weighted by atomic mass is 16.6. The molecule has 0 bridgehead atoms. The molecule has 0 radical (unpaired) electrons. The number of aliphatic hydroxyl groups excluding tert-OH is 1. The fourth-order valence-electron chi connectivity index (χ4n) is 2.36. The molecule has 1 amide bonds. The molecule has 1 rings (SSSR count). The lowest BCUT2D eigenvalue weighted by Gasteiger charge is -2.30. The van der Waals surface area contributed by atoms with E-state index >= 15 is 0 Å². The van der Waals surface area contributed by atoms with Gasteiger partial charge in [-0.15, -0.1) is 0 Å². The van der Waals surface area contributed by atoms with Crippen LogP contribution in [0.25, 0.3) is 0 Å². The van der Waals surface area contributed by atoms with E-state index in [2.05, 4.69) is 4.74 Å². The summed E-state index contributed by atoms with van der Waals surface area (Å²) in [5.74, 6) is -0.520. The number of carbonyl (C=O) groups is 2. The predicted molar refractivity (Wildman–Crippen MR) is 79.1 cm³/mol. The summed E-state index contributed by atoms with van der Waals surface area (Å²) in [5.41, 5.74) is -0.626. The minimum Gasteiger partial charge on any atom is -0.467 e. The summed E-state index contributed by atoms with van der Waals surface area (Å²) >= 11 is 0. The topological polar surface area (TPSA) is 85.3 Å². The van der Waals surface area contributed by atoms with E-state index in [9.17, 15) is 14.7 Å². The van der Waals surface area contributed by atoms with Crippen LogP contribution in [0.1, 0.15) is 41.0 Å². The fraction of sp³-hybridized carbons (Fsp3) is 0.867. The zero-order valence-corrected chi connectivity index (χ0v) is 14.2. The number of hydrogen-bond donors (Lipinski definition) is 1. The van der Waals surface area contributed by atoms with Gasteiger partial charge in [0.1, 0.15) is 18.4 Å². The van der Waals surface area contributed by atoms with Crippen LogP contribution in [0.5, 0.6) is 0 Å². The van der Waals surface area contributed by atoms with Gasteiger partial charge in [0.2, 0.25) is 0 Å². The van der Waals surface area contributed by atoms with Crippen molar-refractivity contribution in [3.05, 3.63) is 0 Å². The van der Waals surface area contributed by atoms with E-state index in [1.54, 1.807) is 20.8 Å². The lowest BCUT2D eigenvalue weighted by Crippen LogP contribution is -2.48. The van der Waals surface area contributed by atoms with Crippen molar-refractivity contribution >= 4 is 12.1 Å². The molecule has 1 heterocycles. The molecule has 0 aromatic heterocycles. The number of methoxy groups -OCH3 is 1. The highest BCUT2D eigenvalue weighted by molar-refractivity contribution is 5.75. The van der Waals surface area contributed by atoms with E-state index in [0.29, 0.717) is 6.42 Å². The van der Waals surface area contributed by atoms with Gasteiger partial charge in [0.25, 0.3) is 0 Å². The molecule has 1 aliphatic heterocycles. The minimum absolute atomic E-state index is 0.0228. The monoisotopic (exact) mass is 317 g/mol. The number of nitrogens with zero attached hydrogens (tertiary/aromatic N) is 1. The van der Waals surface area contributed by atoms with Crippen LogP contribution in [0, 0.1) is 5.92 Å². The zero-order chi connectivity index (χ0) is 17.1. The summed E-state index contributed by atoms with van der Waals surface area (Å²) in [7, 11) is 1.20. The maximum absolute atomic E-state index is 12.3. The molecule has 0 aliphatic carbocycles. The first kappa shape index (κ1) is 18.7. The molecule has 0 saturated carbocycles. The van der Waals surface area contributed by atoms with Crippen molar-refractivity contribution in [3.63, 3.8) is 0 Å². The number of rotatable bonds is 4. The van der Waals surface area contributed by atoms with E-state index in [0.717, 1.165) is 0 Å². The van der Waals surface area contributed by atoms with Gasteiger partial charge in [-0.1, -0.05) is 13.8 Å². The number of carbonyl (C=O) groups excluding carboxylic acids is 2. The molecule has 0 aromatic carbocycles. The maximum Gasteiger partial charge on any atom is 0.412 e. The van der Waals surface area contributed by atoms with Crippen LogP contribution in [0.2, 0.25) is 0 Å². The van der Waals surface area contributed by atoms with Crippen LogP contribution in [0.15, 0.2) is 0 Å². The quantitative estimate of drug-likeness (QED) is 0.792. The number of hydrogen-bond acceptors (Lipinski definition) is 6. The first-order valence-corrected chi connectivity index (χ1v) is 7.44. The third-order valence-electron chi connectivity index (χ3n) is 3.28. The molecule has 0 spiro atoms. The van der Waals surface area contributed by atoms with Gasteiger partial charge >= 0.3 is 12.1 Å². The van der Waals surface area contributed by atoms with Gasteiger partial charge in [-0.3, -0.25) is 4.90 Å². The summed E-state index contributed by atoms with van der Waals surface area (Å²) in [6.45, 7) is 9.30. The molecule has 128 valence electrons. The van der Waals surface area contributed by atoms with Crippen molar-refractivity contribution in [2.45, 2.75) is 64.9 Å². The largest absolute Gasteiger partial charge is 0.467 e. The number of amides is 1. The van der Waals surface area contributed by atoms with E-state index in [1.807, 2.05) is 13.8 Å². The Morgan fingerprint density at radius 3 is 2.41 bits per heavy atom. The first-order chi connectivity index (χ1) is 10.1. The first-order valence-electron chi connectivity index (χ1n) is 7.44.